The minimum atomic E-state index is -0.380. The van der Waals surface area contributed by atoms with Gasteiger partial charge in [-0.05, 0) is 27.7 Å². The highest BCUT2D eigenvalue weighted by Gasteiger charge is 2.28. The van der Waals surface area contributed by atoms with Crippen LogP contribution in [0.25, 0.3) is 0 Å². The topological polar surface area (TPSA) is 105 Å². The van der Waals surface area contributed by atoms with Crippen molar-refractivity contribution in [1.29, 1.82) is 0 Å². The van der Waals surface area contributed by atoms with Crippen molar-refractivity contribution in [2.45, 2.75) is 27.7 Å². The van der Waals surface area contributed by atoms with Crippen molar-refractivity contribution in [3.8, 4) is 0 Å². The number of hydrogen-bond acceptors (Lipinski definition) is 6. The lowest BCUT2D eigenvalue weighted by Gasteiger charge is -2.36. The summed E-state index contributed by atoms with van der Waals surface area (Å²) in [5.41, 5.74) is 2.29. The molecule has 0 aliphatic carbocycles. The number of ether oxygens (including phenoxy) is 2. The van der Waals surface area contributed by atoms with Gasteiger partial charge in [0.1, 0.15) is 24.5 Å². The number of halogens is 2. The molecule has 0 aliphatic heterocycles. The molecule has 0 fully saturated rings. The Hall–Kier alpha value is -1.96. The first-order valence-corrected chi connectivity index (χ1v) is 12.6. The number of non-ortho nitro benzene ring substituents is 2. The molecule has 0 amide bonds. The van der Waals surface area contributed by atoms with Crippen molar-refractivity contribution in [1.82, 2.24) is 8.97 Å². The van der Waals surface area contributed by atoms with Gasteiger partial charge in [0.2, 0.25) is 0 Å². The Kier molecular flexibility index (Phi) is 16.7. The minimum Gasteiger partial charge on any atom is -1.00 e. The van der Waals surface area contributed by atoms with Gasteiger partial charge >= 0.3 is 0 Å². The molecule has 0 atom stereocenters. The highest BCUT2D eigenvalue weighted by Crippen LogP contribution is 2.27. The van der Waals surface area contributed by atoms with E-state index in [1.54, 1.807) is 24.3 Å². The van der Waals surface area contributed by atoms with E-state index in [0.717, 1.165) is 50.6 Å². The summed E-state index contributed by atoms with van der Waals surface area (Å²) in [6.07, 6.45) is 0. The van der Waals surface area contributed by atoms with Crippen LogP contribution >= 0.6 is 0 Å². The summed E-state index contributed by atoms with van der Waals surface area (Å²) in [6, 6.07) is 13.6. The molecule has 0 N–H and O–H groups in total. The van der Waals surface area contributed by atoms with Crippen LogP contribution in [-0.2, 0) is 9.47 Å². The molecule has 0 aliphatic rings. The van der Waals surface area contributed by atoms with Crippen molar-refractivity contribution in [3.05, 3.63) is 68.8 Å². The Morgan fingerprint density at radius 3 is 1.11 bits per heavy atom. The van der Waals surface area contributed by atoms with Gasteiger partial charge in [-0.15, -0.1) is 0 Å². The number of nitrogens with zero attached hydrogens (tertiary/aromatic N) is 4. The lowest BCUT2D eigenvalue weighted by atomic mass is 10.2. The molecule has 0 aromatic heterocycles. The molecular formula is C26H40Br2N4O6. The third kappa shape index (κ3) is 9.35. The van der Waals surface area contributed by atoms with Gasteiger partial charge in [-0.2, -0.15) is 0 Å². The molecule has 2 aromatic rings. The standard InChI is InChI=1S/C26H40N4O6.2BrH/c1-5-29(6-2,25-13-9-23(10-14-25)27(31)32)17-19-35-21-22-36-20-18-30(7-3,8-4)26-15-11-24(12-16-26)28(33)34;;/h9-16H,5-8,17-22H2,1-4H3;2*1H/q+2;;/p-2. The average molecular weight is 664 g/mol. The SMILES string of the molecule is CC[N+](CC)(CCOCCOCC[N+](CC)(CC)c1ccc([N+](=O)[O-])cc1)c1ccc([N+](=O)[O-])cc1.[Br-].[Br-]. The molecule has 214 valence electrons. The second-order valence-electron chi connectivity index (χ2n) is 8.77. The van der Waals surface area contributed by atoms with E-state index in [1.807, 2.05) is 24.3 Å². The summed E-state index contributed by atoms with van der Waals surface area (Å²) in [5.74, 6) is 0. The first-order valence-electron chi connectivity index (χ1n) is 12.6. The maximum atomic E-state index is 11.0. The van der Waals surface area contributed by atoms with Crippen molar-refractivity contribution in [2.75, 3.05) is 65.7 Å². The van der Waals surface area contributed by atoms with E-state index in [4.69, 9.17) is 9.47 Å². The van der Waals surface area contributed by atoms with Crippen LogP contribution < -0.4 is 42.9 Å². The molecule has 2 rings (SSSR count). The molecule has 0 spiro atoms. The van der Waals surface area contributed by atoms with Crippen LogP contribution in [0, 0.1) is 20.2 Å². The molecule has 0 bridgehead atoms. The van der Waals surface area contributed by atoms with Gasteiger partial charge in [-0.25, -0.2) is 0 Å². The number of likely N-dealkylation sites (N-methyl/N-ethyl adjacent to an activating group) is 2. The number of nitro groups is 2. The van der Waals surface area contributed by atoms with Gasteiger partial charge in [0, 0.05) is 48.5 Å². The first kappa shape index (κ1) is 36.0. The van der Waals surface area contributed by atoms with Crippen molar-refractivity contribution in [2.24, 2.45) is 0 Å². The minimum absolute atomic E-state index is 0. The quantitative estimate of drug-likeness (QED) is 0.0925. The predicted octanol–water partition coefficient (Wildman–Crippen LogP) is -1.06. The summed E-state index contributed by atoms with van der Waals surface area (Å²) < 4.78 is 13.1. The Morgan fingerprint density at radius 1 is 0.579 bits per heavy atom. The van der Waals surface area contributed by atoms with Gasteiger partial charge in [-0.1, -0.05) is 0 Å². The largest absolute Gasteiger partial charge is 1.00 e. The normalized spacial score (nSPS) is 11.4. The lowest BCUT2D eigenvalue weighted by Crippen LogP contribution is -3.00. The Balaban J connectivity index is 0.00000684. The number of nitro benzene ring substituents is 2. The van der Waals surface area contributed by atoms with E-state index in [0.29, 0.717) is 35.4 Å². The van der Waals surface area contributed by atoms with E-state index >= 15 is 0 Å². The number of benzene rings is 2. The zero-order valence-corrected chi connectivity index (χ0v) is 25.9. The van der Waals surface area contributed by atoms with Crippen LogP contribution in [0.2, 0.25) is 0 Å². The van der Waals surface area contributed by atoms with Crippen LogP contribution in [0.1, 0.15) is 27.7 Å². The average Bonchev–Trinajstić information content (AvgIpc) is 2.91. The van der Waals surface area contributed by atoms with E-state index in [-0.39, 0.29) is 55.2 Å². The number of hydrogen-bond donors (Lipinski definition) is 0. The van der Waals surface area contributed by atoms with Crippen molar-refractivity contribution in [3.63, 3.8) is 0 Å². The Bertz CT molecular complexity index is 889. The fourth-order valence-corrected chi connectivity index (χ4v) is 4.65. The predicted molar refractivity (Wildman–Crippen MR) is 143 cm³/mol. The molecule has 38 heavy (non-hydrogen) atoms. The lowest BCUT2D eigenvalue weighted by molar-refractivity contribution is -0.385. The van der Waals surface area contributed by atoms with Gasteiger partial charge in [0.05, 0.1) is 62.5 Å². The third-order valence-corrected chi connectivity index (χ3v) is 7.34. The molecule has 0 saturated carbocycles. The number of rotatable bonds is 17. The van der Waals surface area contributed by atoms with Crippen LogP contribution in [0.15, 0.2) is 48.5 Å². The highest BCUT2D eigenvalue weighted by atomic mass is 79.9. The molecule has 2 aromatic carbocycles. The molecule has 0 saturated heterocycles. The van der Waals surface area contributed by atoms with E-state index in [9.17, 15) is 20.2 Å². The van der Waals surface area contributed by atoms with Crippen LogP contribution in [0.5, 0.6) is 0 Å². The summed E-state index contributed by atoms with van der Waals surface area (Å²) in [6.45, 7) is 15.6. The van der Waals surface area contributed by atoms with Gasteiger partial charge < -0.3 is 43.4 Å². The molecule has 0 radical (unpaired) electrons. The summed E-state index contributed by atoms with van der Waals surface area (Å²) in [5, 5.41) is 21.9. The molecule has 10 nitrogen and oxygen atoms in total. The van der Waals surface area contributed by atoms with Crippen molar-refractivity contribution >= 4 is 22.7 Å². The second-order valence-corrected chi connectivity index (χ2v) is 8.77. The summed E-state index contributed by atoms with van der Waals surface area (Å²) in [7, 11) is 0. The molecule has 12 heteroatoms. The molecular weight excluding hydrogens is 624 g/mol. The fourth-order valence-electron chi connectivity index (χ4n) is 4.65. The van der Waals surface area contributed by atoms with Gasteiger partial charge in [0.15, 0.2) is 0 Å². The smallest absolute Gasteiger partial charge is 0.269 e. The zero-order valence-electron chi connectivity index (χ0n) is 22.7. The van der Waals surface area contributed by atoms with Gasteiger partial charge in [-0.3, -0.25) is 29.2 Å². The van der Waals surface area contributed by atoms with Crippen LogP contribution in [0.3, 0.4) is 0 Å². The molecule has 0 unspecified atom stereocenters. The van der Waals surface area contributed by atoms with Crippen LogP contribution in [-0.4, -0.2) is 75.5 Å². The maximum absolute atomic E-state index is 11.0. The second kappa shape index (κ2) is 17.6. The summed E-state index contributed by atoms with van der Waals surface area (Å²) >= 11 is 0. The zero-order chi connectivity index (χ0) is 26.6. The maximum Gasteiger partial charge on any atom is 0.269 e. The van der Waals surface area contributed by atoms with E-state index in [2.05, 4.69) is 27.7 Å². The van der Waals surface area contributed by atoms with Gasteiger partial charge in [0.25, 0.3) is 11.4 Å². The number of quaternary nitrogens is 2. The Labute approximate surface area is 246 Å². The first-order chi connectivity index (χ1) is 17.3. The third-order valence-electron chi connectivity index (χ3n) is 7.34. The van der Waals surface area contributed by atoms with E-state index in [1.165, 1.54) is 0 Å². The summed E-state index contributed by atoms with van der Waals surface area (Å²) in [4.78, 5) is 21.2. The van der Waals surface area contributed by atoms with E-state index < -0.39 is 0 Å². The van der Waals surface area contributed by atoms with Crippen LogP contribution in [0.4, 0.5) is 22.7 Å². The van der Waals surface area contributed by atoms with Crippen molar-refractivity contribution < 1.29 is 53.3 Å². The fraction of sp³-hybridized carbons (Fsp3) is 0.538. The Morgan fingerprint density at radius 2 is 0.868 bits per heavy atom. The monoisotopic (exact) mass is 662 g/mol. The highest BCUT2D eigenvalue weighted by molar-refractivity contribution is 5.49. The molecule has 0 heterocycles.